The predicted octanol–water partition coefficient (Wildman–Crippen LogP) is 5.36. The van der Waals surface area contributed by atoms with Crippen LogP contribution in [-0.4, -0.2) is 32.0 Å². The molecule has 162 valence electrons. The topological polar surface area (TPSA) is 71.8 Å². The van der Waals surface area contributed by atoms with Gasteiger partial charge >= 0.3 is 0 Å². The molecule has 0 saturated heterocycles. The van der Waals surface area contributed by atoms with Gasteiger partial charge in [-0.3, -0.25) is 14.5 Å². The first-order chi connectivity index (χ1) is 14.7. The predicted molar refractivity (Wildman–Crippen MR) is 128 cm³/mol. The Labute approximate surface area is 191 Å². The Hall–Kier alpha value is -2.51. The molecule has 1 amide bonds. The zero-order valence-electron chi connectivity index (χ0n) is 18.3. The zero-order chi connectivity index (χ0) is 22.3. The minimum absolute atomic E-state index is 0.00661. The molecule has 6 nitrogen and oxygen atoms in total. The lowest BCUT2D eigenvalue weighted by atomic mass is 10.0. The van der Waals surface area contributed by atoms with Crippen LogP contribution in [0.4, 0.5) is 11.5 Å². The number of rotatable bonds is 3. The molecule has 0 fully saturated rings. The van der Waals surface area contributed by atoms with Crippen molar-refractivity contribution in [2.45, 2.75) is 37.7 Å². The maximum atomic E-state index is 12.8. The van der Waals surface area contributed by atoms with Crippen molar-refractivity contribution < 1.29 is 4.79 Å². The van der Waals surface area contributed by atoms with Crippen molar-refractivity contribution in [1.82, 2.24) is 14.8 Å². The lowest BCUT2D eigenvalue weighted by Crippen LogP contribution is -2.26. The van der Waals surface area contributed by atoms with Gasteiger partial charge in [0.25, 0.3) is 5.91 Å². The molecular formula is C23H26ClN5OS. The summed E-state index contributed by atoms with van der Waals surface area (Å²) >= 11 is 8.62. The third-order valence-corrected chi connectivity index (χ3v) is 7.28. The van der Waals surface area contributed by atoms with E-state index in [0.717, 1.165) is 34.9 Å². The SMILES string of the molecule is Cc1ncccc1NC(=O)c1ccc([C@@H]2SC(C)(C)CNc3c2c(C)nn3C)c(Cl)c1. The molecule has 0 saturated carbocycles. The second-order valence-corrected chi connectivity index (χ2v) is 10.6. The number of hydrogen-bond donors (Lipinski definition) is 2. The number of pyridine rings is 1. The maximum absolute atomic E-state index is 12.8. The summed E-state index contributed by atoms with van der Waals surface area (Å²) < 4.78 is 1.89. The fourth-order valence-electron chi connectivity index (χ4n) is 3.83. The monoisotopic (exact) mass is 455 g/mol. The summed E-state index contributed by atoms with van der Waals surface area (Å²) in [7, 11) is 1.95. The van der Waals surface area contributed by atoms with E-state index in [0.29, 0.717) is 16.3 Å². The molecule has 0 spiro atoms. The molecule has 2 N–H and O–H groups in total. The number of fused-ring (bicyclic) bond motifs is 1. The van der Waals surface area contributed by atoms with Crippen molar-refractivity contribution >= 4 is 40.8 Å². The van der Waals surface area contributed by atoms with E-state index in [1.54, 1.807) is 18.3 Å². The van der Waals surface area contributed by atoms with Crippen LogP contribution in [0.2, 0.25) is 5.02 Å². The van der Waals surface area contributed by atoms with Crippen molar-refractivity contribution in [3.63, 3.8) is 0 Å². The first-order valence-electron chi connectivity index (χ1n) is 10.1. The van der Waals surface area contributed by atoms with Crippen LogP contribution < -0.4 is 10.6 Å². The number of aromatic nitrogens is 3. The van der Waals surface area contributed by atoms with E-state index < -0.39 is 0 Å². The summed E-state index contributed by atoms with van der Waals surface area (Å²) in [6, 6.07) is 9.17. The van der Waals surface area contributed by atoms with Gasteiger partial charge in [0.1, 0.15) is 5.82 Å². The van der Waals surface area contributed by atoms with Gasteiger partial charge in [-0.05, 0) is 57.5 Å². The van der Waals surface area contributed by atoms with Crippen LogP contribution in [0.25, 0.3) is 0 Å². The molecule has 1 aliphatic rings. The number of amides is 1. The summed E-state index contributed by atoms with van der Waals surface area (Å²) in [5, 5.41) is 11.7. The fraction of sp³-hybridized carbons (Fsp3) is 0.348. The lowest BCUT2D eigenvalue weighted by Gasteiger charge is -2.27. The van der Waals surface area contributed by atoms with Gasteiger partial charge in [-0.15, -0.1) is 11.8 Å². The molecule has 1 aromatic carbocycles. The Morgan fingerprint density at radius 2 is 2.06 bits per heavy atom. The molecule has 0 unspecified atom stereocenters. The number of nitrogens with zero attached hydrogens (tertiary/aromatic N) is 3. The van der Waals surface area contributed by atoms with Crippen molar-refractivity contribution in [3.8, 4) is 0 Å². The smallest absolute Gasteiger partial charge is 0.255 e. The van der Waals surface area contributed by atoms with Crippen LogP contribution in [0.3, 0.4) is 0 Å². The van der Waals surface area contributed by atoms with Gasteiger partial charge < -0.3 is 10.6 Å². The van der Waals surface area contributed by atoms with Crippen LogP contribution in [0.5, 0.6) is 0 Å². The highest BCUT2D eigenvalue weighted by atomic mass is 35.5. The summed E-state index contributed by atoms with van der Waals surface area (Å²) in [6.07, 6.45) is 1.70. The van der Waals surface area contributed by atoms with E-state index in [9.17, 15) is 4.79 Å². The second-order valence-electron chi connectivity index (χ2n) is 8.41. The van der Waals surface area contributed by atoms with Crippen molar-refractivity contribution in [1.29, 1.82) is 0 Å². The zero-order valence-corrected chi connectivity index (χ0v) is 19.9. The van der Waals surface area contributed by atoms with Crippen LogP contribution in [-0.2, 0) is 7.05 Å². The van der Waals surface area contributed by atoms with E-state index in [1.165, 1.54) is 0 Å². The quantitative estimate of drug-likeness (QED) is 0.555. The van der Waals surface area contributed by atoms with Crippen LogP contribution in [0, 0.1) is 13.8 Å². The molecule has 8 heteroatoms. The summed E-state index contributed by atoms with van der Waals surface area (Å²) in [5.74, 6) is 0.809. The summed E-state index contributed by atoms with van der Waals surface area (Å²) in [6.45, 7) is 9.15. The Morgan fingerprint density at radius 3 is 2.77 bits per heavy atom. The minimum Gasteiger partial charge on any atom is -0.369 e. The van der Waals surface area contributed by atoms with E-state index >= 15 is 0 Å². The number of aryl methyl sites for hydroxylation is 3. The number of nitrogens with one attached hydrogen (secondary N) is 2. The number of thioether (sulfide) groups is 1. The highest BCUT2D eigenvalue weighted by molar-refractivity contribution is 8.01. The minimum atomic E-state index is -0.210. The first kappa shape index (κ1) is 21.7. The van der Waals surface area contributed by atoms with E-state index in [1.807, 2.05) is 55.5 Å². The van der Waals surface area contributed by atoms with E-state index in [4.69, 9.17) is 11.6 Å². The summed E-state index contributed by atoms with van der Waals surface area (Å²) in [5.41, 5.74) is 5.07. The molecule has 1 aliphatic heterocycles. The van der Waals surface area contributed by atoms with Crippen LogP contribution >= 0.6 is 23.4 Å². The third-order valence-electron chi connectivity index (χ3n) is 5.45. The van der Waals surface area contributed by atoms with E-state index in [-0.39, 0.29) is 15.9 Å². The standard InChI is InChI=1S/C23H26ClN5OS/c1-13-18(7-6-10-25-13)27-22(30)15-8-9-16(17(24)11-15)20-19-14(2)28-29(5)21(19)26-12-23(3,4)31-20/h6-11,20,26H,12H2,1-5H3,(H,27,30)/t20-/m0/s1. The van der Waals surface area contributed by atoms with Gasteiger partial charge in [0.15, 0.2) is 0 Å². The van der Waals surface area contributed by atoms with Gasteiger partial charge in [0.05, 0.1) is 22.3 Å². The molecule has 4 rings (SSSR count). The molecule has 3 aromatic rings. The Morgan fingerprint density at radius 1 is 1.29 bits per heavy atom. The van der Waals surface area contributed by atoms with Gasteiger partial charge in [-0.2, -0.15) is 5.10 Å². The number of carbonyl (C=O) groups is 1. The first-order valence-corrected chi connectivity index (χ1v) is 11.4. The van der Waals surface area contributed by atoms with Crippen LogP contribution in [0.1, 0.15) is 52.0 Å². The Bertz CT molecular complexity index is 1160. The second kappa shape index (κ2) is 8.20. The summed E-state index contributed by atoms with van der Waals surface area (Å²) in [4.78, 5) is 17.0. The molecule has 1 atom stereocenters. The molecule has 0 bridgehead atoms. The van der Waals surface area contributed by atoms with Gasteiger partial charge in [0, 0.05) is 40.7 Å². The number of hydrogen-bond acceptors (Lipinski definition) is 5. The Kier molecular flexibility index (Phi) is 5.75. The van der Waals surface area contributed by atoms with Gasteiger partial charge in [0.2, 0.25) is 0 Å². The number of benzene rings is 1. The van der Waals surface area contributed by atoms with Crippen molar-refractivity contribution in [3.05, 3.63) is 69.6 Å². The highest BCUT2D eigenvalue weighted by Gasteiger charge is 2.35. The third kappa shape index (κ3) is 4.29. The average molecular weight is 456 g/mol. The fourth-order valence-corrected chi connectivity index (χ4v) is 5.71. The Balaban J connectivity index is 1.69. The molecule has 2 aromatic heterocycles. The molecular weight excluding hydrogens is 430 g/mol. The van der Waals surface area contributed by atoms with Gasteiger partial charge in [-0.1, -0.05) is 17.7 Å². The molecule has 0 aliphatic carbocycles. The average Bonchev–Trinajstić information content (AvgIpc) is 2.90. The molecule has 3 heterocycles. The van der Waals surface area contributed by atoms with E-state index in [2.05, 4.69) is 34.6 Å². The van der Waals surface area contributed by atoms with Crippen molar-refractivity contribution in [2.24, 2.45) is 7.05 Å². The normalized spacial score (nSPS) is 17.4. The largest absolute Gasteiger partial charge is 0.369 e. The number of halogens is 1. The van der Waals surface area contributed by atoms with Crippen molar-refractivity contribution in [2.75, 3.05) is 17.2 Å². The molecule has 0 radical (unpaired) electrons. The number of anilines is 2. The van der Waals surface area contributed by atoms with Gasteiger partial charge in [-0.25, -0.2) is 0 Å². The number of carbonyl (C=O) groups excluding carboxylic acids is 1. The van der Waals surface area contributed by atoms with Crippen LogP contribution in [0.15, 0.2) is 36.5 Å². The highest BCUT2D eigenvalue weighted by Crippen LogP contribution is 2.50. The maximum Gasteiger partial charge on any atom is 0.255 e. The molecule has 31 heavy (non-hydrogen) atoms. The lowest BCUT2D eigenvalue weighted by molar-refractivity contribution is 0.102.